The van der Waals surface area contributed by atoms with Crippen LogP contribution in [-0.4, -0.2) is 26.5 Å². The van der Waals surface area contributed by atoms with Crippen molar-refractivity contribution in [2.24, 2.45) is 0 Å². The topological polar surface area (TPSA) is 62.1 Å². The molecule has 0 aliphatic carbocycles. The van der Waals surface area contributed by atoms with Crippen molar-refractivity contribution in [2.45, 2.75) is 24.4 Å². The Hall–Kier alpha value is -2.32. The summed E-state index contributed by atoms with van der Waals surface area (Å²) in [5, 5.41) is 12.3. The molecule has 1 aromatic carbocycles. The summed E-state index contributed by atoms with van der Waals surface area (Å²) in [5.74, 6) is 3.20. The third-order valence-corrected chi connectivity index (χ3v) is 5.67. The first-order chi connectivity index (χ1) is 12.2. The summed E-state index contributed by atoms with van der Waals surface area (Å²) in [6.07, 6.45) is 1.85. The maximum absolute atomic E-state index is 5.44. The SMILES string of the molecule is C=CCn1c(C)nnc1SCc1csc(-c2ccc3c(c2)OCO3)n1. The Morgan fingerprint density at radius 3 is 3.08 bits per heavy atom. The summed E-state index contributed by atoms with van der Waals surface area (Å²) in [6, 6.07) is 5.91. The molecule has 128 valence electrons. The molecule has 0 amide bonds. The summed E-state index contributed by atoms with van der Waals surface area (Å²) in [6.45, 7) is 6.72. The van der Waals surface area contributed by atoms with Crippen LogP contribution in [0.1, 0.15) is 11.5 Å². The first-order valence-electron chi connectivity index (χ1n) is 7.72. The number of thiazole rings is 1. The highest BCUT2D eigenvalue weighted by Gasteiger charge is 2.16. The lowest BCUT2D eigenvalue weighted by Gasteiger charge is -2.04. The van der Waals surface area contributed by atoms with E-state index in [2.05, 4.69) is 22.2 Å². The van der Waals surface area contributed by atoms with Gasteiger partial charge in [0.15, 0.2) is 16.7 Å². The van der Waals surface area contributed by atoms with Gasteiger partial charge in [-0.1, -0.05) is 17.8 Å². The van der Waals surface area contributed by atoms with Crippen molar-refractivity contribution in [1.29, 1.82) is 0 Å². The molecule has 0 bridgehead atoms. The van der Waals surface area contributed by atoms with Crippen LogP contribution in [0.4, 0.5) is 0 Å². The standard InChI is InChI=1S/C17H16N4O2S2/c1-3-6-21-11(2)19-20-17(21)25-9-13-8-24-16(18-13)12-4-5-14-15(7-12)23-10-22-14/h3-5,7-8H,1,6,9-10H2,2H3. The Bertz CT molecular complexity index is 919. The fourth-order valence-electron chi connectivity index (χ4n) is 2.48. The van der Waals surface area contributed by atoms with Crippen LogP contribution in [0, 0.1) is 6.92 Å². The predicted octanol–water partition coefficient (Wildman–Crippen LogP) is 3.92. The molecule has 8 heteroatoms. The first-order valence-corrected chi connectivity index (χ1v) is 9.59. The number of hydrogen-bond acceptors (Lipinski definition) is 7. The highest BCUT2D eigenvalue weighted by atomic mass is 32.2. The van der Waals surface area contributed by atoms with E-state index in [-0.39, 0.29) is 6.79 Å². The summed E-state index contributed by atoms with van der Waals surface area (Å²) in [4.78, 5) is 4.73. The number of ether oxygens (including phenoxy) is 2. The molecule has 2 aromatic heterocycles. The fraction of sp³-hybridized carbons (Fsp3) is 0.235. The van der Waals surface area contributed by atoms with E-state index < -0.39 is 0 Å². The molecule has 4 rings (SSSR count). The average molecular weight is 372 g/mol. The van der Waals surface area contributed by atoms with Crippen molar-refractivity contribution in [2.75, 3.05) is 6.79 Å². The zero-order valence-electron chi connectivity index (χ0n) is 13.6. The van der Waals surface area contributed by atoms with Crippen molar-refractivity contribution < 1.29 is 9.47 Å². The molecular weight excluding hydrogens is 356 g/mol. The van der Waals surface area contributed by atoms with Gasteiger partial charge >= 0.3 is 0 Å². The molecule has 0 spiro atoms. The zero-order valence-corrected chi connectivity index (χ0v) is 15.3. The smallest absolute Gasteiger partial charge is 0.231 e. The lowest BCUT2D eigenvalue weighted by atomic mass is 10.2. The summed E-state index contributed by atoms with van der Waals surface area (Å²) in [5.41, 5.74) is 2.06. The minimum Gasteiger partial charge on any atom is -0.454 e. The number of aryl methyl sites for hydroxylation is 1. The monoisotopic (exact) mass is 372 g/mol. The normalized spacial score (nSPS) is 12.5. The number of thioether (sulfide) groups is 1. The molecule has 1 aliphatic heterocycles. The minimum absolute atomic E-state index is 0.281. The van der Waals surface area contributed by atoms with Crippen molar-refractivity contribution in [3.63, 3.8) is 0 Å². The Labute approximate surface area is 153 Å². The van der Waals surface area contributed by atoms with E-state index in [1.165, 1.54) is 0 Å². The lowest BCUT2D eigenvalue weighted by molar-refractivity contribution is 0.174. The number of nitrogens with zero attached hydrogens (tertiary/aromatic N) is 4. The average Bonchev–Trinajstić information content (AvgIpc) is 3.34. The molecule has 0 saturated heterocycles. The number of benzene rings is 1. The molecule has 0 N–H and O–H groups in total. The van der Waals surface area contributed by atoms with Gasteiger partial charge in [0.1, 0.15) is 10.8 Å². The van der Waals surface area contributed by atoms with Crippen LogP contribution >= 0.6 is 23.1 Å². The maximum atomic E-state index is 5.44. The molecule has 0 saturated carbocycles. The second-order valence-corrected chi connectivity index (χ2v) is 7.23. The molecular formula is C17H16N4O2S2. The van der Waals surface area contributed by atoms with Gasteiger partial charge in [0.2, 0.25) is 6.79 Å². The first kappa shape index (κ1) is 16.2. The molecule has 25 heavy (non-hydrogen) atoms. The lowest BCUT2D eigenvalue weighted by Crippen LogP contribution is -2.00. The second-order valence-electron chi connectivity index (χ2n) is 5.43. The predicted molar refractivity (Wildman–Crippen MR) is 98.2 cm³/mol. The van der Waals surface area contributed by atoms with Crippen LogP contribution in [0.5, 0.6) is 11.5 Å². The summed E-state index contributed by atoms with van der Waals surface area (Å²) < 4.78 is 12.8. The van der Waals surface area contributed by atoms with Gasteiger partial charge in [0.25, 0.3) is 0 Å². The van der Waals surface area contributed by atoms with Crippen LogP contribution in [0.25, 0.3) is 10.6 Å². The van der Waals surface area contributed by atoms with Crippen LogP contribution in [-0.2, 0) is 12.3 Å². The van der Waals surface area contributed by atoms with Gasteiger partial charge < -0.3 is 14.0 Å². The molecule has 1 aliphatic rings. The Morgan fingerprint density at radius 2 is 2.20 bits per heavy atom. The molecule has 0 radical (unpaired) electrons. The van der Waals surface area contributed by atoms with E-state index in [9.17, 15) is 0 Å². The summed E-state index contributed by atoms with van der Waals surface area (Å²) >= 11 is 3.25. The Morgan fingerprint density at radius 1 is 1.32 bits per heavy atom. The van der Waals surface area contributed by atoms with Gasteiger partial charge in [0, 0.05) is 23.2 Å². The summed E-state index contributed by atoms with van der Waals surface area (Å²) in [7, 11) is 0. The molecule has 0 unspecified atom stereocenters. The highest BCUT2D eigenvalue weighted by Crippen LogP contribution is 2.37. The van der Waals surface area contributed by atoms with Gasteiger partial charge in [-0.25, -0.2) is 4.98 Å². The van der Waals surface area contributed by atoms with Gasteiger partial charge in [-0.05, 0) is 25.1 Å². The van der Waals surface area contributed by atoms with Crippen LogP contribution in [0.3, 0.4) is 0 Å². The van der Waals surface area contributed by atoms with Crippen LogP contribution < -0.4 is 9.47 Å². The van der Waals surface area contributed by atoms with Gasteiger partial charge in [0.05, 0.1) is 5.69 Å². The number of aromatic nitrogens is 4. The minimum atomic E-state index is 0.281. The van der Waals surface area contributed by atoms with Crippen molar-refractivity contribution >= 4 is 23.1 Å². The Balaban J connectivity index is 1.48. The molecule has 0 atom stereocenters. The fourth-order valence-corrected chi connectivity index (χ4v) is 4.29. The van der Waals surface area contributed by atoms with E-state index in [1.807, 2.05) is 35.8 Å². The Kier molecular flexibility index (Phi) is 4.46. The molecule has 3 heterocycles. The van der Waals surface area contributed by atoms with Crippen molar-refractivity contribution in [3.05, 3.63) is 47.8 Å². The quantitative estimate of drug-likeness (QED) is 0.483. The highest BCUT2D eigenvalue weighted by molar-refractivity contribution is 7.98. The van der Waals surface area contributed by atoms with E-state index in [0.717, 1.165) is 44.5 Å². The van der Waals surface area contributed by atoms with E-state index in [4.69, 9.17) is 14.5 Å². The van der Waals surface area contributed by atoms with Crippen molar-refractivity contribution in [3.8, 4) is 22.1 Å². The second kappa shape index (κ2) is 6.89. The van der Waals surface area contributed by atoms with Crippen molar-refractivity contribution in [1.82, 2.24) is 19.7 Å². The van der Waals surface area contributed by atoms with Gasteiger partial charge in [-0.15, -0.1) is 28.1 Å². The number of fused-ring (bicyclic) bond motifs is 1. The van der Waals surface area contributed by atoms with Crippen LogP contribution in [0.15, 0.2) is 41.4 Å². The van der Waals surface area contributed by atoms with Gasteiger partial charge in [-0.3, -0.25) is 0 Å². The maximum Gasteiger partial charge on any atom is 0.231 e. The van der Waals surface area contributed by atoms with Crippen LogP contribution in [0.2, 0.25) is 0 Å². The zero-order chi connectivity index (χ0) is 17.2. The van der Waals surface area contributed by atoms with Gasteiger partial charge in [-0.2, -0.15) is 0 Å². The third-order valence-electron chi connectivity index (χ3n) is 3.73. The molecule has 0 fully saturated rings. The third kappa shape index (κ3) is 3.27. The number of hydrogen-bond donors (Lipinski definition) is 0. The molecule has 6 nitrogen and oxygen atoms in total. The van der Waals surface area contributed by atoms with E-state index in [1.54, 1.807) is 23.1 Å². The van der Waals surface area contributed by atoms with E-state index in [0.29, 0.717) is 6.54 Å². The number of rotatable bonds is 6. The molecule has 3 aromatic rings. The number of allylic oxidation sites excluding steroid dienone is 1. The largest absolute Gasteiger partial charge is 0.454 e. The van der Waals surface area contributed by atoms with E-state index >= 15 is 0 Å².